The molecule has 0 aromatic heterocycles. The van der Waals surface area contributed by atoms with E-state index in [0.717, 1.165) is 48.3 Å². The van der Waals surface area contributed by atoms with Gasteiger partial charge in [0.2, 0.25) is 0 Å². The molecular weight excluding hydrogens is 366 g/mol. The molecule has 2 aromatic rings. The number of hydrogen-bond donors (Lipinski definition) is 3. The number of rotatable bonds is 6. The van der Waals surface area contributed by atoms with Gasteiger partial charge in [-0.1, -0.05) is 42.5 Å². The summed E-state index contributed by atoms with van der Waals surface area (Å²) >= 11 is 0. The summed E-state index contributed by atoms with van der Waals surface area (Å²) in [5.74, 6) is -0.313. The van der Waals surface area contributed by atoms with Gasteiger partial charge in [0, 0.05) is 24.9 Å². The Kier molecular flexibility index (Phi) is 5.74. The SMILES string of the molecule is O=C(/C=C/c1ccc(CN2CCC[C@@H]2C(=O)C2CNc3ccccc32)cc1)NO. The van der Waals surface area contributed by atoms with Crippen LogP contribution in [0.4, 0.5) is 5.69 Å². The third-order valence-electron chi connectivity index (χ3n) is 5.77. The summed E-state index contributed by atoms with van der Waals surface area (Å²) < 4.78 is 0. The molecule has 1 amide bonds. The van der Waals surface area contributed by atoms with Gasteiger partial charge in [-0.25, -0.2) is 5.48 Å². The molecule has 0 aliphatic carbocycles. The van der Waals surface area contributed by atoms with Crippen LogP contribution in [0.1, 0.15) is 35.4 Å². The van der Waals surface area contributed by atoms with Crippen molar-refractivity contribution in [3.63, 3.8) is 0 Å². The Morgan fingerprint density at radius 2 is 1.97 bits per heavy atom. The van der Waals surface area contributed by atoms with E-state index in [1.54, 1.807) is 11.6 Å². The molecule has 6 heteroatoms. The van der Waals surface area contributed by atoms with Gasteiger partial charge in [0.15, 0.2) is 5.78 Å². The molecule has 0 bridgehead atoms. The number of benzene rings is 2. The summed E-state index contributed by atoms with van der Waals surface area (Å²) in [5, 5.41) is 11.9. The molecule has 29 heavy (non-hydrogen) atoms. The van der Waals surface area contributed by atoms with Crippen LogP contribution in [0.5, 0.6) is 0 Å². The van der Waals surface area contributed by atoms with Gasteiger partial charge in [-0.05, 0) is 48.2 Å². The number of carbonyl (C=O) groups is 2. The molecule has 0 saturated carbocycles. The van der Waals surface area contributed by atoms with Crippen molar-refractivity contribution >= 4 is 23.5 Å². The molecular formula is C23H25N3O3. The van der Waals surface area contributed by atoms with Gasteiger partial charge in [-0.3, -0.25) is 19.7 Å². The average Bonchev–Trinajstić information content (AvgIpc) is 3.39. The lowest BCUT2D eigenvalue weighted by Gasteiger charge is -2.25. The van der Waals surface area contributed by atoms with Crippen LogP contribution in [-0.4, -0.2) is 40.9 Å². The van der Waals surface area contributed by atoms with E-state index in [1.807, 2.05) is 42.5 Å². The van der Waals surface area contributed by atoms with E-state index < -0.39 is 5.91 Å². The maximum atomic E-state index is 13.3. The first-order valence-electron chi connectivity index (χ1n) is 9.97. The lowest BCUT2D eigenvalue weighted by atomic mass is 9.91. The van der Waals surface area contributed by atoms with E-state index >= 15 is 0 Å². The molecule has 2 aliphatic heterocycles. The molecule has 3 N–H and O–H groups in total. The predicted molar refractivity (Wildman–Crippen MR) is 112 cm³/mol. The highest BCUT2D eigenvalue weighted by Crippen LogP contribution is 2.35. The molecule has 6 nitrogen and oxygen atoms in total. The fourth-order valence-corrected chi connectivity index (χ4v) is 4.29. The number of carbonyl (C=O) groups excluding carboxylic acids is 2. The van der Waals surface area contributed by atoms with Crippen molar-refractivity contribution in [1.82, 2.24) is 10.4 Å². The molecule has 2 aromatic carbocycles. The largest absolute Gasteiger partial charge is 0.384 e. The summed E-state index contributed by atoms with van der Waals surface area (Å²) in [6.07, 6.45) is 4.86. The summed E-state index contributed by atoms with van der Waals surface area (Å²) in [4.78, 5) is 26.7. The number of nitrogens with one attached hydrogen (secondary N) is 2. The lowest BCUT2D eigenvalue weighted by molar-refractivity contribution is -0.125. The summed E-state index contributed by atoms with van der Waals surface area (Å²) in [5.41, 5.74) is 5.78. The topological polar surface area (TPSA) is 81.7 Å². The number of hydrogen-bond acceptors (Lipinski definition) is 5. The van der Waals surface area contributed by atoms with Gasteiger partial charge in [-0.15, -0.1) is 0 Å². The third-order valence-corrected chi connectivity index (χ3v) is 5.77. The molecule has 2 aliphatic rings. The van der Waals surface area contributed by atoms with Crippen LogP contribution in [0.25, 0.3) is 6.08 Å². The van der Waals surface area contributed by atoms with Gasteiger partial charge < -0.3 is 5.32 Å². The van der Waals surface area contributed by atoms with Crippen LogP contribution in [0.3, 0.4) is 0 Å². The van der Waals surface area contributed by atoms with Gasteiger partial charge in [-0.2, -0.15) is 0 Å². The predicted octanol–water partition coefficient (Wildman–Crippen LogP) is 2.95. The van der Waals surface area contributed by atoms with Crippen molar-refractivity contribution in [2.45, 2.75) is 31.3 Å². The van der Waals surface area contributed by atoms with E-state index in [4.69, 9.17) is 5.21 Å². The maximum Gasteiger partial charge on any atom is 0.267 e. The number of hydroxylamine groups is 1. The second-order valence-electron chi connectivity index (χ2n) is 7.60. The Morgan fingerprint density at radius 3 is 2.76 bits per heavy atom. The normalized spacial score (nSPS) is 21.1. The van der Waals surface area contributed by atoms with Crippen molar-refractivity contribution < 1.29 is 14.8 Å². The van der Waals surface area contributed by atoms with Crippen molar-refractivity contribution in [1.29, 1.82) is 0 Å². The number of fused-ring (bicyclic) bond motifs is 1. The lowest BCUT2D eigenvalue weighted by Crippen LogP contribution is -2.38. The first-order chi connectivity index (χ1) is 14.2. The third kappa shape index (κ3) is 4.23. The van der Waals surface area contributed by atoms with Crippen LogP contribution in [0, 0.1) is 0 Å². The van der Waals surface area contributed by atoms with Crippen LogP contribution in [0.2, 0.25) is 0 Å². The number of amides is 1. The van der Waals surface area contributed by atoms with Crippen molar-refractivity contribution in [3.8, 4) is 0 Å². The zero-order chi connectivity index (χ0) is 20.2. The Balaban J connectivity index is 1.42. The number of nitrogens with zero attached hydrogens (tertiary/aromatic N) is 1. The fourth-order valence-electron chi connectivity index (χ4n) is 4.29. The van der Waals surface area contributed by atoms with Crippen LogP contribution >= 0.6 is 0 Å². The number of anilines is 1. The van der Waals surface area contributed by atoms with Gasteiger partial charge >= 0.3 is 0 Å². The van der Waals surface area contributed by atoms with Crippen LogP contribution in [-0.2, 0) is 16.1 Å². The Morgan fingerprint density at radius 1 is 1.17 bits per heavy atom. The van der Waals surface area contributed by atoms with Crippen molar-refractivity contribution in [2.75, 3.05) is 18.4 Å². The quantitative estimate of drug-likeness (QED) is 0.401. The van der Waals surface area contributed by atoms with Crippen LogP contribution < -0.4 is 10.8 Å². The Labute approximate surface area is 170 Å². The summed E-state index contributed by atoms with van der Waals surface area (Å²) in [6.45, 7) is 2.35. The second kappa shape index (κ2) is 8.59. The molecule has 4 rings (SSSR count). The Hall–Kier alpha value is -2.96. The van der Waals surface area contributed by atoms with E-state index in [2.05, 4.69) is 16.3 Å². The fraction of sp³-hybridized carbons (Fsp3) is 0.304. The average molecular weight is 391 g/mol. The van der Waals surface area contributed by atoms with E-state index in [1.165, 1.54) is 6.08 Å². The van der Waals surface area contributed by atoms with Gasteiger partial charge in [0.05, 0.1) is 12.0 Å². The zero-order valence-corrected chi connectivity index (χ0v) is 16.2. The molecule has 1 saturated heterocycles. The molecule has 150 valence electrons. The number of para-hydroxylation sites is 1. The molecule has 1 fully saturated rings. The molecule has 0 spiro atoms. The smallest absolute Gasteiger partial charge is 0.267 e. The number of ketones is 1. The van der Waals surface area contributed by atoms with Crippen LogP contribution in [0.15, 0.2) is 54.6 Å². The standard InChI is InChI=1S/C23H25N3O3/c27-22(25-29)12-11-16-7-9-17(10-8-16)15-26-13-3-6-21(26)23(28)19-14-24-20-5-2-1-4-18(19)20/h1-2,4-5,7-12,19,21,24,29H,3,6,13-15H2,(H,25,27)/b12-11+/t19?,21-/m1/s1. The van der Waals surface area contributed by atoms with E-state index in [-0.39, 0.29) is 12.0 Å². The van der Waals surface area contributed by atoms with Gasteiger partial charge in [0.1, 0.15) is 0 Å². The number of likely N-dealkylation sites (tertiary alicyclic amines) is 1. The second-order valence-corrected chi connectivity index (χ2v) is 7.60. The highest BCUT2D eigenvalue weighted by Gasteiger charge is 2.37. The molecule has 1 unspecified atom stereocenters. The highest BCUT2D eigenvalue weighted by molar-refractivity contribution is 5.94. The minimum atomic E-state index is -0.560. The molecule has 2 heterocycles. The van der Waals surface area contributed by atoms with E-state index in [0.29, 0.717) is 12.3 Å². The van der Waals surface area contributed by atoms with E-state index in [9.17, 15) is 9.59 Å². The summed E-state index contributed by atoms with van der Waals surface area (Å²) in [6, 6.07) is 15.9. The number of Topliss-reactive ketones (excluding diaryl/α,β-unsaturated/α-hetero) is 1. The Bertz CT molecular complexity index is 923. The molecule has 2 atom stereocenters. The van der Waals surface area contributed by atoms with Crippen molar-refractivity contribution in [2.24, 2.45) is 0 Å². The van der Waals surface area contributed by atoms with Gasteiger partial charge in [0.25, 0.3) is 5.91 Å². The molecule has 0 radical (unpaired) electrons. The minimum absolute atomic E-state index is 0.0409. The maximum absolute atomic E-state index is 13.3. The van der Waals surface area contributed by atoms with Crippen molar-refractivity contribution in [3.05, 3.63) is 71.3 Å². The highest BCUT2D eigenvalue weighted by atomic mass is 16.5. The monoisotopic (exact) mass is 391 g/mol. The first kappa shape index (κ1) is 19.4. The zero-order valence-electron chi connectivity index (χ0n) is 16.2. The summed E-state index contributed by atoms with van der Waals surface area (Å²) in [7, 11) is 0. The minimum Gasteiger partial charge on any atom is -0.384 e. The first-order valence-corrected chi connectivity index (χ1v) is 9.97.